The van der Waals surface area contributed by atoms with Crippen molar-refractivity contribution in [3.8, 4) is 11.6 Å². The summed E-state index contributed by atoms with van der Waals surface area (Å²) in [7, 11) is 0. The minimum absolute atomic E-state index is 0.0764. The maximum Gasteiger partial charge on any atom is 0.224 e. The van der Waals surface area contributed by atoms with Crippen LogP contribution in [-0.2, 0) is 6.61 Å². The van der Waals surface area contributed by atoms with Gasteiger partial charge in [0, 0.05) is 11.8 Å². The van der Waals surface area contributed by atoms with E-state index in [1.165, 1.54) is 5.56 Å². The Morgan fingerprint density at radius 3 is 2.72 bits per heavy atom. The highest BCUT2D eigenvalue weighted by Gasteiger charge is 2.09. The van der Waals surface area contributed by atoms with Crippen molar-refractivity contribution in [2.45, 2.75) is 27.4 Å². The molecule has 18 heavy (non-hydrogen) atoms. The number of pyridine rings is 1. The lowest BCUT2D eigenvalue weighted by molar-refractivity contribution is 0.275. The molecule has 0 aliphatic heterocycles. The number of aliphatic hydroxyl groups is 1. The van der Waals surface area contributed by atoms with E-state index in [0.29, 0.717) is 11.4 Å². The monoisotopic (exact) mass is 243 g/mol. The van der Waals surface area contributed by atoms with Crippen LogP contribution in [0.5, 0.6) is 11.6 Å². The molecule has 3 heteroatoms. The summed E-state index contributed by atoms with van der Waals surface area (Å²) in [4.78, 5) is 4.16. The first-order valence-corrected chi connectivity index (χ1v) is 5.92. The van der Waals surface area contributed by atoms with Gasteiger partial charge in [0.1, 0.15) is 5.75 Å². The molecular formula is C15H17NO2. The number of nitrogens with zero attached hydrogens (tertiary/aromatic N) is 1. The van der Waals surface area contributed by atoms with Crippen molar-refractivity contribution in [3.63, 3.8) is 0 Å². The highest BCUT2D eigenvalue weighted by Crippen LogP contribution is 2.29. The topological polar surface area (TPSA) is 42.4 Å². The fraction of sp³-hybridized carbons (Fsp3) is 0.267. The molecule has 0 aliphatic carbocycles. The smallest absolute Gasteiger partial charge is 0.224 e. The third kappa shape index (κ3) is 2.51. The van der Waals surface area contributed by atoms with Gasteiger partial charge in [-0.05, 0) is 55.7 Å². The molecule has 0 saturated carbocycles. The molecule has 1 heterocycles. The molecule has 1 aromatic heterocycles. The van der Waals surface area contributed by atoms with Crippen molar-refractivity contribution >= 4 is 0 Å². The van der Waals surface area contributed by atoms with E-state index in [-0.39, 0.29) is 6.61 Å². The summed E-state index contributed by atoms with van der Waals surface area (Å²) >= 11 is 0. The first kappa shape index (κ1) is 12.6. The van der Waals surface area contributed by atoms with Crippen LogP contribution in [0.25, 0.3) is 0 Å². The van der Waals surface area contributed by atoms with Crippen molar-refractivity contribution in [3.05, 3.63) is 52.7 Å². The van der Waals surface area contributed by atoms with Crippen LogP contribution in [0.2, 0.25) is 0 Å². The van der Waals surface area contributed by atoms with E-state index in [9.17, 15) is 5.11 Å². The van der Waals surface area contributed by atoms with Gasteiger partial charge in [-0.1, -0.05) is 6.07 Å². The molecule has 0 unspecified atom stereocenters. The van der Waals surface area contributed by atoms with Crippen molar-refractivity contribution in [1.29, 1.82) is 0 Å². The van der Waals surface area contributed by atoms with Gasteiger partial charge in [-0.3, -0.25) is 0 Å². The Bertz CT molecular complexity index is 564. The quantitative estimate of drug-likeness (QED) is 0.899. The maximum atomic E-state index is 9.25. The van der Waals surface area contributed by atoms with Gasteiger partial charge in [0.2, 0.25) is 5.88 Å². The summed E-state index contributed by atoms with van der Waals surface area (Å²) in [5, 5.41) is 9.25. The van der Waals surface area contributed by atoms with E-state index in [1.54, 1.807) is 18.3 Å². The summed E-state index contributed by atoms with van der Waals surface area (Å²) in [6, 6.07) is 7.69. The largest absolute Gasteiger partial charge is 0.438 e. The van der Waals surface area contributed by atoms with Gasteiger partial charge in [-0.2, -0.15) is 0 Å². The molecule has 94 valence electrons. The average molecular weight is 243 g/mol. The summed E-state index contributed by atoms with van der Waals surface area (Å²) in [5.41, 5.74) is 4.12. The Kier molecular flexibility index (Phi) is 3.63. The normalized spacial score (nSPS) is 10.4. The Labute approximate surface area is 107 Å². The number of rotatable bonds is 3. The molecule has 2 aromatic rings. The molecule has 2 rings (SSSR count). The number of aliphatic hydroxyl groups excluding tert-OH is 1. The second kappa shape index (κ2) is 5.19. The molecular weight excluding hydrogens is 226 g/mol. The van der Waals surface area contributed by atoms with Crippen LogP contribution in [0.1, 0.15) is 22.3 Å². The lowest BCUT2D eigenvalue weighted by Gasteiger charge is -2.13. The predicted octanol–water partition coefficient (Wildman–Crippen LogP) is 3.29. The summed E-state index contributed by atoms with van der Waals surface area (Å²) in [5.74, 6) is 1.26. The van der Waals surface area contributed by atoms with Gasteiger partial charge < -0.3 is 9.84 Å². The number of ether oxygens (including phenoxy) is 1. The van der Waals surface area contributed by atoms with Crippen LogP contribution in [0.4, 0.5) is 0 Å². The van der Waals surface area contributed by atoms with Crippen LogP contribution < -0.4 is 4.74 Å². The average Bonchev–Trinajstić information content (AvgIpc) is 2.36. The third-order valence-electron chi connectivity index (χ3n) is 2.99. The van der Waals surface area contributed by atoms with Crippen molar-refractivity contribution in [2.24, 2.45) is 0 Å². The molecule has 0 spiro atoms. The van der Waals surface area contributed by atoms with Crippen LogP contribution in [0, 0.1) is 20.8 Å². The third-order valence-corrected chi connectivity index (χ3v) is 2.99. The van der Waals surface area contributed by atoms with E-state index < -0.39 is 0 Å². The molecule has 0 radical (unpaired) electrons. The zero-order valence-corrected chi connectivity index (χ0v) is 10.9. The predicted molar refractivity (Wildman–Crippen MR) is 70.9 cm³/mol. The van der Waals surface area contributed by atoms with Gasteiger partial charge in [-0.15, -0.1) is 0 Å². The Balaban J connectivity index is 2.40. The van der Waals surface area contributed by atoms with Gasteiger partial charge in [-0.25, -0.2) is 4.98 Å². The molecule has 0 saturated heterocycles. The van der Waals surface area contributed by atoms with E-state index in [0.717, 1.165) is 16.9 Å². The fourth-order valence-corrected chi connectivity index (χ4v) is 1.85. The zero-order valence-electron chi connectivity index (χ0n) is 10.9. The second-order valence-electron chi connectivity index (χ2n) is 4.43. The van der Waals surface area contributed by atoms with Crippen LogP contribution in [0.3, 0.4) is 0 Å². The number of hydrogen-bond donors (Lipinski definition) is 1. The summed E-state index contributed by atoms with van der Waals surface area (Å²) in [6.45, 7) is 6.03. The minimum Gasteiger partial charge on any atom is -0.438 e. The molecule has 0 fully saturated rings. The van der Waals surface area contributed by atoms with Crippen LogP contribution in [-0.4, -0.2) is 10.1 Å². The number of hydrogen-bond acceptors (Lipinski definition) is 3. The highest BCUT2D eigenvalue weighted by molar-refractivity contribution is 5.44. The van der Waals surface area contributed by atoms with Gasteiger partial charge in [0.15, 0.2) is 0 Å². The molecule has 0 atom stereocenters. The van der Waals surface area contributed by atoms with E-state index in [1.807, 2.05) is 19.9 Å². The Morgan fingerprint density at radius 1 is 1.22 bits per heavy atom. The molecule has 0 amide bonds. The van der Waals surface area contributed by atoms with Crippen molar-refractivity contribution < 1.29 is 9.84 Å². The maximum absolute atomic E-state index is 9.25. The minimum atomic E-state index is -0.0764. The molecule has 0 aliphatic rings. The van der Waals surface area contributed by atoms with E-state index >= 15 is 0 Å². The second-order valence-corrected chi connectivity index (χ2v) is 4.43. The summed E-state index contributed by atoms with van der Waals surface area (Å²) in [6.07, 6.45) is 1.66. The fourth-order valence-electron chi connectivity index (χ4n) is 1.85. The van der Waals surface area contributed by atoms with E-state index in [2.05, 4.69) is 18.0 Å². The molecule has 1 N–H and O–H groups in total. The Hall–Kier alpha value is -1.87. The van der Waals surface area contributed by atoms with Gasteiger partial charge in [0.05, 0.1) is 6.61 Å². The summed E-state index contributed by atoms with van der Waals surface area (Å²) < 4.78 is 5.82. The molecule has 3 nitrogen and oxygen atoms in total. The first-order valence-electron chi connectivity index (χ1n) is 5.92. The lowest BCUT2D eigenvalue weighted by atomic mass is 10.1. The first-order chi connectivity index (χ1) is 8.61. The number of aromatic nitrogens is 1. The Morgan fingerprint density at radius 2 is 2.00 bits per heavy atom. The number of aryl methyl sites for hydroxylation is 2. The van der Waals surface area contributed by atoms with Crippen molar-refractivity contribution in [1.82, 2.24) is 4.98 Å². The standard InChI is InChI=1S/C15H17NO2/c1-10-7-11(2)12(3)14(8-10)18-15-13(9-17)5-4-6-16-15/h4-8,17H,9H2,1-3H3. The highest BCUT2D eigenvalue weighted by atomic mass is 16.5. The van der Waals surface area contributed by atoms with Gasteiger partial charge >= 0.3 is 0 Å². The SMILES string of the molecule is Cc1cc(C)c(C)c(Oc2ncccc2CO)c1. The zero-order chi connectivity index (χ0) is 13.1. The van der Waals surface area contributed by atoms with E-state index in [4.69, 9.17) is 4.74 Å². The van der Waals surface area contributed by atoms with Crippen LogP contribution >= 0.6 is 0 Å². The molecule has 1 aromatic carbocycles. The lowest BCUT2D eigenvalue weighted by Crippen LogP contribution is -1.97. The van der Waals surface area contributed by atoms with Crippen molar-refractivity contribution in [2.75, 3.05) is 0 Å². The number of benzene rings is 1. The molecule has 0 bridgehead atoms. The van der Waals surface area contributed by atoms with Gasteiger partial charge in [0.25, 0.3) is 0 Å². The van der Waals surface area contributed by atoms with Crippen LogP contribution in [0.15, 0.2) is 30.5 Å².